The fourth-order valence-electron chi connectivity index (χ4n) is 3.41. The zero-order valence-electron chi connectivity index (χ0n) is 16.0. The van der Waals surface area contributed by atoms with E-state index in [1.54, 1.807) is 0 Å². The zero-order valence-corrected chi connectivity index (χ0v) is 18.4. The van der Waals surface area contributed by atoms with E-state index in [0.717, 1.165) is 57.2 Å². The molecule has 5 nitrogen and oxygen atoms in total. The highest BCUT2D eigenvalue weighted by molar-refractivity contribution is 14.0. The predicted molar refractivity (Wildman–Crippen MR) is 118 cm³/mol. The van der Waals surface area contributed by atoms with Gasteiger partial charge in [-0.1, -0.05) is 24.3 Å². The fraction of sp³-hybridized carbons (Fsp3) is 0.500. The molecular formula is C20H30IN5. The first kappa shape index (κ1) is 20.7. The zero-order chi connectivity index (χ0) is 17.6. The van der Waals surface area contributed by atoms with E-state index in [1.807, 2.05) is 6.92 Å². The van der Waals surface area contributed by atoms with Crippen molar-refractivity contribution in [1.29, 1.82) is 0 Å². The number of hydrogen-bond acceptors (Lipinski definition) is 2. The van der Waals surface area contributed by atoms with Crippen molar-refractivity contribution in [2.45, 2.75) is 46.7 Å². The minimum absolute atomic E-state index is 0. The van der Waals surface area contributed by atoms with Crippen LogP contribution in [0.5, 0.6) is 0 Å². The molecule has 1 aromatic carbocycles. The van der Waals surface area contributed by atoms with E-state index in [1.165, 1.54) is 16.8 Å². The van der Waals surface area contributed by atoms with Gasteiger partial charge in [-0.15, -0.1) is 24.0 Å². The van der Waals surface area contributed by atoms with Gasteiger partial charge in [-0.25, -0.2) is 0 Å². The van der Waals surface area contributed by atoms with Crippen LogP contribution in [-0.4, -0.2) is 40.3 Å². The molecule has 2 aromatic rings. The van der Waals surface area contributed by atoms with E-state index in [9.17, 15) is 0 Å². The molecular weight excluding hydrogens is 437 g/mol. The summed E-state index contributed by atoms with van der Waals surface area (Å²) in [6.45, 7) is 10.9. The summed E-state index contributed by atoms with van der Waals surface area (Å²) < 4.78 is 2.08. The molecule has 0 bridgehead atoms. The van der Waals surface area contributed by atoms with Crippen molar-refractivity contribution < 1.29 is 0 Å². The van der Waals surface area contributed by atoms with Gasteiger partial charge in [-0.2, -0.15) is 5.10 Å². The molecule has 3 rings (SSSR count). The summed E-state index contributed by atoms with van der Waals surface area (Å²) in [6, 6.07) is 10.9. The van der Waals surface area contributed by atoms with Crippen molar-refractivity contribution >= 4 is 29.9 Å². The standard InChI is InChI=1S/C20H29N5.HI/c1-4-21-20(22-11-7-12-25-17(3)14-16(2)23-25)24-13-10-18-8-5-6-9-19(18)15-24;/h5-6,8-9,14H,4,7,10-13,15H2,1-3H3,(H,21,22);1H. The molecule has 0 unspecified atom stereocenters. The number of nitrogens with one attached hydrogen (secondary N) is 1. The van der Waals surface area contributed by atoms with Crippen LogP contribution in [0.15, 0.2) is 35.3 Å². The van der Waals surface area contributed by atoms with E-state index in [2.05, 4.69) is 64.2 Å². The first-order chi connectivity index (χ1) is 12.2. The summed E-state index contributed by atoms with van der Waals surface area (Å²) in [5, 5.41) is 7.97. The van der Waals surface area contributed by atoms with Gasteiger partial charge < -0.3 is 10.2 Å². The third-order valence-corrected chi connectivity index (χ3v) is 4.66. The van der Waals surface area contributed by atoms with Crippen LogP contribution in [0.4, 0.5) is 0 Å². The predicted octanol–water partition coefficient (Wildman–Crippen LogP) is 3.53. The minimum Gasteiger partial charge on any atom is -0.357 e. The Hall–Kier alpha value is -1.57. The lowest BCUT2D eigenvalue weighted by Gasteiger charge is -2.31. The van der Waals surface area contributed by atoms with Gasteiger partial charge in [0.1, 0.15) is 0 Å². The van der Waals surface area contributed by atoms with Gasteiger partial charge in [0.05, 0.1) is 5.69 Å². The second kappa shape index (κ2) is 9.94. The largest absolute Gasteiger partial charge is 0.357 e. The summed E-state index contributed by atoms with van der Waals surface area (Å²) in [5.74, 6) is 1.03. The van der Waals surface area contributed by atoms with Crippen molar-refractivity contribution in [3.05, 3.63) is 52.8 Å². The number of aliphatic imine (C=N–C) groups is 1. The van der Waals surface area contributed by atoms with Crippen LogP contribution in [-0.2, 0) is 19.5 Å². The van der Waals surface area contributed by atoms with Crippen molar-refractivity contribution in [2.24, 2.45) is 4.99 Å². The number of hydrogen-bond donors (Lipinski definition) is 1. The third kappa shape index (κ3) is 5.22. The molecule has 2 heterocycles. The minimum atomic E-state index is 0. The molecule has 1 aromatic heterocycles. The average molecular weight is 467 g/mol. The van der Waals surface area contributed by atoms with E-state index >= 15 is 0 Å². The summed E-state index contributed by atoms with van der Waals surface area (Å²) >= 11 is 0. The maximum Gasteiger partial charge on any atom is 0.194 e. The molecule has 0 saturated carbocycles. The van der Waals surface area contributed by atoms with Crippen LogP contribution in [0, 0.1) is 13.8 Å². The number of guanidine groups is 1. The summed E-state index contributed by atoms with van der Waals surface area (Å²) in [4.78, 5) is 7.22. The fourth-order valence-corrected chi connectivity index (χ4v) is 3.41. The number of halogens is 1. The lowest BCUT2D eigenvalue weighted by atomic mass is 10.0. The Morgan fingerprint density at radius 1 is 1.23 bits per heavy atom. The maximum atomic E-state index is 4.85. The Bertz CT molecular complexity index is 738. The quantitative estimate of drug-likeness (QED) is 0.317. The van der Waals surface area contributed by atoms with Crippen molar-refractivity contribution in [3.63, 3.8) is 0 Å². The van der Waals surface area contributed by atoms with Gasteiger partial charge in [0.25, 0.3) is 0 Å². The molecule has 0 radical (unpaired) electrons. The van der Waals surface area contributed by atoms with Crippen LogP contribution in [0.2, 0.25) is 0 Å². The lowest BCUT2D eigenvalue weighted by molar-refractivity contribution is 0.378. The monoisotopic (exact) mass is 467 g/mol. The molecule has 1 aliphatic rings. The molecule has 26 heavy (non-hydrogen) atoms. The van der Waals surface area contributed by atoms with Crippen molar-refractivity contribution in [3.8, 4) is 0 Å². The van der Waals surface area contributed by atoms with E-state index in [4.69, 9.17) is 4.99 Å². The van der Waals surface area contributed by atoms with Crippen molar-refractivity contribution in [2.75, 3.05) is 19.6 Å². The Balaban J connectivity index is 0.00000243. The van der Waals surface area contributed by atoms with Crippen LogP contribution >= 0.6 is 24.0 Å². The molecule has 0 spiro atoms. The molecule has 142 valence electrons. The van der Waals surface area contributed by atoms with E-state index in [0.29, 0.717) is 0 Å². The summed E-state index contributed by atoms with van der Waals surface area (Å²) in [5.41, 5.74) is 5.20. The second-order valence-electron chi connectivity index (χ2n) is 6.68. The van der Waals surface area contributed by atoms with Gasteiger partial charge in [-0.3, -0.25) is 9.67 Å². The number of aryl methyl sites for hydroxylation is 3. The Kier molecular flexibility index (Phi) is 7.93. The molecule has 0 amide bonds. The van der Waals surface area contributed by atoms with Gasteiger partial charge in [0.15, 0.2) is 5.96 Å². The highest BCUT2D eigenvalue weighted by atomic mass is 127. The molecule has 1 aliphatic heterocycles. The number of aromatic nitrogens is 2. The van der Waals surface area contributed by atoms with Gasteiger partial charge in [-0.05, 0) is 50.8 Å². The highest BCUT2D eigenvalue weighted by Crippen LogP contribution is 2.18. The maximum absolute atomic E-state index is 4.85. The highest BCUT2D eigenvalue weighted by Gasteiger charge is 2.18. The van der Waals surface area contributed by atoms with Crippen LogP contribution in [0.3, 0.4) is 0 Å². The molecule has 6 heteroatoms. The molecule has 0 saturated heterocycles. The van der Waals surface area contributed by atoms with E-state index < -0.39 is 0 Å². The SMILES string of the molecule is CCNC(=NCCCn1nc(C)cc1C)N1CCc2ccccc2C1.I. The Morgan fingerprint density at radius 2 is 2.00 bits per heavy atom. The van der Waals surface area contributed by atoms with Gasteiger partial charge in [0, 0.05) is 38.4 Å². The third-order valence-electron chi connectivity index (χ3n) is 4.66. The smallest absolute Gasteiger partial charge is 0.194 e. The molecule has 1 N–H and O–H groups in total. The van der Waals surface area contributed by atoms with Crippen LogP contribution in [0.25, 0.3) is 0 Å². The normalized spacial score (nSPS) is 14.0. The van der Waals surface area contributed by atoms with Gasteiger partial charge in [0.2, 0.25) is 0 Å². The number of fused-ring (bicyclic) bond motifs is 1. The lowest BCUT2D eigenvalue weighted by Crippen LogP contribution is -2.44. The number of rotatable bonds is 5. The Labute approximate surface area is 173 Å². The van der Waals surface area contributed by atoms with E-state index in [-0.39, 0.29) is 24.0 Å². The van der Waals surface area contributed by atoms with Crippen LogP contribution in [0.1, 0.15) is 35.9 Å². The number of benzene rings is 1. The van der Waals surface area contributed by atoms with Crippen molar-refractivity contribution in [1.82, 2.24) is 20.0 Å². The molecule has 0 fully saturated rings. The average Bonchev–Trinajstić information content (AvgIpc) is 2.94. The first-order valence-corrected chi connectivity index (χ1v) is 9.28. The molecule has 0 atom stereocenters. The Morgan fingerprint density at radius 3 is 2.69 bits per heavy atom. The summed E-state index contributed by atoms with van der Waals surface area (Å²) in [6.07, 6.45) is 2.09. The topological polar surface area (TPSA) is 45.5 Å². The first-order valence-electron chi connectivity index (χ1n) is 9.28. The van der Waals surface area contributed by atoms with Crippen LogP contribution < -0.4 is 5.32 Å². The van der Waals surface area contributed by atoms with Gasteiger partial charge >= 0.3 is 0 Å². The number of nitrogens with zero attached hydrogens (tertiary/aromatic N) is 4. The second-order valence-corrected chi connectivity index (χ2v) is 6.68. The molecule has 0 aliphatic carbocycles. The summed E-state index contributed by atoms with van der Waals surface area (Å²) in [7, 11) is 0.